The molecule has 2 aliphatic heterocycles. The van der Waals surface area contributed by atoms with E-state index < -0.39 is 45.9 Å². The molecule has 0 radical (unpaired) electrons. The van der Waals surface area contributed by atoms with Crippen molar-refractivity contribution in [2.75, 3.05) is 5.73 Å². The number of carbonyl (C=O) groups is 3. The molecule has 152 valence electrons. The largest absolute Gasteiger partial charge is 0.480 e. The Morgan fingerprint density at radius 2 is 2.03 bits per heavy atom. The number of nitrogens with one attached hydrogen (secondary N) is 1. The number of hydrogen-bond donors (Lipinski definition) is 3. The first kappa shape index (κ1) is 19.2. The number of hydrogen-bond acceptors (Lipinski definition) is 8. The van der Waals surface area contributed by atoms with Crippen LogP contribution in [0.2, 0.25) is 0 Å². The molecule has 4 rings (SSSR count). The molecule has 2 aromatic rings. The second kappa shape index (κ2) is 6.76. The molecule has 3 unspecified atom stereocenters. The van der Waals surface area contributed by atoms with Gasteiger partial charge in [-0.05, 0) is 19.4 Å². The number of aromatic nitrogens is 2. The Labute approximate surface area is 169 Å². The third-order valence-electron chi connectivity index (χ3n) is 5.08. The third-order valence-corrected chi connectivity index (χ3v) is 6.65. The number of nitrogens with zero attached hydrogens (tertiary/aromatic N) is 3. The Balaban J connectivity index is 1.58. The number of β-lactam (4-membered cyclic amide) rings is 1. The van der Waals surface area contributed by atoms with Gasteiger partial charge in [-0.3, -0.25) is 9.59 Å². The summed E-state index contributed by atoms with van der Waals surface area (Å²) in [6.07, 6.45) is 0. The monoisotopic (exact) mass is 417 g/mol. The summed E-state index contributed by atoms with van der Waals surface area (Å²) in [7, 11) is 0. The molecule has 0 bridgehead atoms. The van der Waals surface area contributed by atoms with E-state index in [1.807, 2.05) is 0 Å². The highest BCUT2D eigenvalue weighted by Crippen LogP contribution is 2.50. The fourth-order valence-corrected chi connectivity index (χ4v) is 5.44. The average Bonchev–Trinajstić information content (AvgIpc) is 3.19. The van der Waals surface area contributed by atoms with Gasteiger partial charge >= 0.3 is 12.0 Å². The summed E-state index contributed by atoms with van der Waals surface area (Å²) < 4.78 is 4.14. The van der Waals surface area contributed by atoms with E-state index in [-0.39, 0.29) is 11.8 Å². The van der Waals surface area contributed by atoms with E-state index in [2.05, 4.69) is 15.5 Å². The van der Waals surface area contributed by atoms with Gasteiger partial charge in [0.2, 0.25) is 11.8 Å². The number of carboxylic acid groups (broad SMARTS) is 1. The van der Waals surface area contributed by atoms with Crippen LogP contribution in [0.15, 0.2) is 34.9 Å². The highest BCUT2D eigenvalue weighted by Gasteiger charge is 2.64. The highest BCUT2D eigenvalue weighted by molar-refractivity contribution is 8.01. The van der Waals surface area contributed by atoms with Crippen molar-refractivity contribution in [2.24, 2.45) is 0 Å². The van der Waals surface area contributed by atoms with Gasteiger partial charge in [0, 0.05) is 4.75 Å². The fraction of sp³-hybridized carbons (Fsp3) is 0.389. The van der Waals surface area contributed by atoms with Crippen LogP contribution in [0, 0.1) is 0 Å². The van der Waals surface area contributed by atoms with Crippen LogP contribution in [0.25, 0.3) is 0 Å². The predicted molar refractivity (Wildman–Crippen MR) is 103 cm³/mol. The predicted octanol–water partition coefficient (Wildman–Crippen LogP) is 0.415. The van der Waals surface area contributed by atoms with Crippen LogP contribution >= 0.6 is 11.8 Å². The maximum atomic E-state index is 13.1. The van der Waals surface area contributed by atoms with Crippen molar-refractivity contribution >= 4 is 35.6 Å². The van der Waals surface area contributed by atoms with Gasteiger partial charge in [0.25, 0.3) is 0 Å². The zero-order chi connectivity index (χ0) is 20.9. The van der Waals surface area contributed by atoms with E-state index in [0.29, 0.717) is 5.56 Å². The standard InChI is InChI=1S/C18H19N5O5S/c1-18(2)11(16(26)27)23-14(25)10(15(23)29-18)20-13(24)9(8-6-4-3-5-7-8)12-21-17(19)28-22-12/h3-7,9-11,15H,1-2H3,(H,20,24)(H,26,27)(H2,19,21,22)/t9?,10-,11?,15?/m1/s1. The number of thioether (sulfide) groups is 1. The van der Waals surface area contributed by atoms with Crippen molar-refractivity contribution in [2.45, 2.75) is 42.0 Å². The lowest BCUT2D eigenvalue weighted by Crippen LogP contribution is -2.70. The van der Waals surface area contributed by atoms with Crippen LogP contribution in [0.4, 0.5) is 6.01 Å². The van der Waals surface area contributed by atoms with Crippen molar-refractivity contribution < 1.29 is 24.0 Å². The van der Waals surface area contributed by atoms with Crippen LogP contribution in [0.3, 0.4) is 0 Å². The molecule has 2 saturated heterocycles. The zero-order valence-electron chi connectivity index (χ0n) is 15.6. The van der Waals surface area contributed by atoms with Gasteiger partial charge in [-0.2, -0.15) is 4.98 Å². The number of nitrogens with two attached hydrogens (primary N) is 1. The average molecular weight is 417 g/mol. The number of aliphatic carboxylic acids is 1. The molecule has 2 fully saturated rings. The SMILES string of the molecule is CC1(C)SC2[C@H](NC(=O)C(c3ccccc3)c3noc(N)n3)C(=O)N2C1C(=O)O. The molecule has 0 spiro atoms. The van der Waals surface area contributed by atoms with Crippen molar-refractivity contribution in [3.63, 3.8) is 0 Å². The molecule has 11 heteroatoms. The van der Waals surface area contributed by atoms with Gasteiger partial charge in [0.15, 0.2) is 5.82 Å². The van der Waals surface area contributed by atoms with E-state index in [1.165, 1.54) is 16.7 Å². The molecule has 3 heterocycles. The zero-order valence-corrected chi connectivity index (χ0v) is 16.4. The summed E-state index contributed by atoms with van der Waals surface area (Å²) >= 11 is 1.36. The molecule has 2 amide bonds. The summed E-state index contributed by atoms with van der Waals surface area (Å²) in [4.78, 5) is 42.7. The van der Waals surface area contributed by atoms with Crippen molar-refractivity contribution in [3.8, 4) is 0 Å². The lowest BCUT2D eigenvalue weighted by molar-refractivity contribution is -0.161. The van der Waals surface area contributed by atoms with Crippen LogP contribution in [-0.4, -0.2) is 60.1 Å². The topological polar surface area (TPSA) is 152 Å². The van der Waals surface area contributed by atoms with Gasteiger partial charge in [-0.15, -0.1) is 11.8 Å². The number of anilines is 1. The summed E-state index contributed by atoms with van der Waals surface area (Å²) in [5, 5.41) is 15.6. The number of fused-ring (bicyclic) bond motifs is 1. The Morgan fingerprint density at radius 3 is 2.62 bits per heavy atom. The molecule has 10 nitrogen and oxygen atoms in total. The van der Waals surface area contributed by atoms with E-state index >= 15 is 0 Å². The summed E-state index contributed by atoms with van der Waals surface area (Å²) in [6.45, 7) is 3.55. The lowest BCUT2D eigenvalue weighted by Gasteiger charge is -2.43. The summed E-state index contributed by atoms with van der Waals surface area (Å²) in [5.74, 6) is -2.82. The second-order valence-corrected chi connectivity index (χ2v) is 9.19. The minimum absolute atomic E-state index is 0.0812. The van der Waals surface area contributed by atoms with Crippen molar-refractivity contribution in [1.29, 1.82) is 0 Å². The van der Waals surface area contributed by atoms with E-state index in [0.717, 1.165) is 0 Å². The first-order chi connectivity index (χ1) is 13.7. The minimum atomic E-state index is -1.06. The number of carboxylic acids is 1. The molecule has 4 atom stereocenters. The molecule has 0 aliphatic carbocycles. The minimum Gasteiger partial charge on any atom is -0.480 e. The van der Waals surface area contributed by atoms with Crippen molar-refractivity contribution in [1.82, 2.24) is 20.4 Å². The molecule has 2 aliphatic rings. The number of benzene rings is 1. The number of amides is 2. The molecular formula is C18H19N5O5S. The molecule has 1 aromatic carbocycles. The van der Waals surface area contributed by atoms with Gasteiger partial charge in [-0.1, -0.05) is 35.5 Å². The maximum absolute atomic E-state index is 13.1. The smallest absolute Gasteiger partial charge is 0.327 e. The van der Waals surface area contributed by atoms with Gasteiger partial charge in [0.05, 0.1) is 0 Å². The van der Waals surface area contributed by atoms with E-state index in [1.54, 1.807) is 44.2 Å². The van der Waals surface area contributed by atoms with E-state index in [9.17, 15) is 19.5 Å². The number of nitrogen functional groups attached to an aromatic ring is 1. The number of carbonyl (C=O) groups excluding carboxylic acids is 2. The molecule has 1 aromatic heterocycles. The highest BCUT2D eigenvalue weighted by atomic mass is 32.2. The maximum Gasteiger partial charge on any atom is 0.327 e. The summed E-state index contributed by atoms with van der Waals surface area (Å²) in [6, 6.07) is 6.87. The van der Waals surface area contributed by atoms with Crippen molar-refractivity contribution in [3.05, 3.63) is 41.7 Å². The summed E-state index contributed by atoms with van der Waals surface area (Å²) in [5.41, 5.74) is 6.12. The molecular weight excluding hydrogens is 398 g/mol. The quantitative estimate of drug-likeness (QED) is 0.588. The van der Waals surface area contributed by atoms with Crippen LogP contribution in [0.1, 0.15) is 31.2 Å². The van der Waals surface area contributed by atoms with Gasteiger partial charge < -0.3 is 25.6 Å². The Bertz CT molecular complexity index is 978. The molecule has 0 saturated carbocycles. The molecule has 4 N–H and O–H groups in total. The number of rotatable bonds is 5. The first-order valence-electron chi connectivity index (χ1n) is 8.88. The fourth-order valence-electron chi connectivity index (χ4n) is 3.81. The van der Waals surface area contributed by atoms with Crippen LogP contribution in [0.5, 0.6) is 0 Å². The Morgan fingerprint density at radius 1 is 1.34 bits per heavy atom. The van der Waals surface area contributed by atoms with Gasteiger partial charge in [-0.25, -0.2) is 4.79 Å². The van der Waals surface area contributed by atoms with Crippen LogP contribution in [-0.2, 0) is 14.4 Å². The van der Waals surface area contributed by atoms with E-state index in [4.69, 9.17) is 10.3 Å². The molecule has 29 heavy (non-hydrogen) atoms. The Hall–Kier alpha value is -3.08. The first-order valence-corrected chi connectivity index (χ1v) is 9.76. The third kappa shape index (κ3) is 3.11. The Kier molecular flexibility index (Phi) is 4.49. The van der Waals surface area contributed by atoms with Gasteiger partial charge in [0.1, 0.15) is 23.4 Å². The second-order valence-electron chi connectivity index (χ2n) is 7.42. The normalized spacial score (nSPS) is 25.8. The van der Waals surface area contributed by atoms with Crippen LogP contribution < -0.4 is 11.1 Å². The lowest BCUT2D eigenvalue weighted by atomic mass is 9.94.